The van der Waals surface area contributed by atoms with Crippen molar-refractivity contribution < 1.29 is 14.3 Å². The summed E-state index contributed by atoms with van der Waals surface area (Å²) in [7, 11) is 0. The van der Waals surface area contributed by atoms with Crippen LogP contribution < -0.4 is 4.90 Å². The minimum atomic E-state index is -0.828. The van der Waals surface area contributed by atoms with E-state index >= 15 is 0 Å². The van der Waals surface area contributed by atoms with Gasteiger partial charge in [0, 0.05) is 19.1 Å². The molecule has 0 atom stereocenters. The van der Waals surface area contributed by atoms with Gasteiger partial charge in [0.05, 0.1) is 23.9 Å². The van der Waals surface area contributed by atoms with Gasteiger partial charge in [0.25, 0.3) is 5.91 Å². The van der Waals surface area contributed by atoms with Crippen LogP contribution in [0.25, 0.3) is 4.85 Å². The third kappa shape index (κ3) is 3.61. The van der Waals surface area contributed by atoms with Crippen molar-refractivity contribution in [1.29, 1.82) is 0 Å². The SMILES string of the molecule is [C-]#[N+]c1ccc(N2C(=O)C(C)(C)N(C3CCN(C(=O)OCC)CC3)C2=S)c(C)c1Cl. The van der Waals surface area contributed by atoms with Crippen molar-refractivity contribution in [2.75, 3.05) is 24.6 Å². The Morgan fingerprint density at radius 3 is 2.57 bits per heavy atom. The first-order chi connectivity index (χ1) is 14.1. The summed E-state index contributed by atoms with van der Waals surface area (Å²) in [6, 6.07) is 3.37. The molecule has 0 radical (unpaired) electrons. The van der Waals surface area contributed by atoms with E-state index in [1.165, 1.54) is 4.90 Å². The molecule has 1 aromatic carbocycles. The summed E-state index contributed by atoms with van der Waals surface area (Å²) in [6.45, 7) is 16.0. The lowest BCUT2D eigenvalue weighted by Crippen LogP contribution is -2.54. The number of halogens is 1. The van der Waals surface area contributed by atoms with Crippen LogP contribution in [-0.2, 0) is 9.53 Å². The Bertz CT molecular complexity index is 935. The summed E-state index contributed by atoms with van der Waals surface area (Å²) in [4.78, 5) is 34.0. The average molecular weight is 449 g/mol. The fourth-order valence-electron chi connectivity index (χ4n) is 4.15. The molecule has 3 rings (SSSR count). The van der Waals surface area contributed by atoms with Gasteiger partial charge >= 0.3 is 6.09 Å². The molecule has 0 unspecified atom stereocenters. The average Bonchev–Trinajstić information content (AvgIpc) is 2.89. The van der Waals surface area contributed by atoms with E-state index in [4.69, 9.17) is 35.1 Å². The molecule has 2 aliphatic heterocycles. The van der Waals surface area contributed by atoms with Crippen LogP contribution in [0.3, 0.4) is 0 Å². The second kappa shape index (κ2) is 8.40. The van der Waals surface area contributed by atoms with Crippen molar-refractivity contribution in [2.45, 2.75) is 52.1 Å². The number of carbonyl (C=O) groups is 2. The van der Waals surface area contributed by atoms with Crippen LogP contribution in [0.4, 0.5) is 16.2 Å². The Morgan fingerprint density at radius 1 is 1.37 bits per heavy atom. The topological polar surface area (TPSA) is 57.5 Å². The normalized spacial score (nSPS) is 19.3. The maximum atomic E-state index is 13.4. The van der Waals surface area contributed by atoms with Gasteiger partial charge in [0.2, 0.25) is 5.69 Å². The summed E-state index contributed by atoms with van der Waals surface area (Å²) in [6.07, 6.45) is 1.09. The van der Waals surface area contributed by atoms with Gasteiger partial charge in [-0.25, -0.2) is 9.64 Å². The minimum Gasteiger partial charge on any atom is -0.450 e. The number of ether oxygens (including phenoxy) is 1. The first-order valence-electron chi connectivity index (χ1n) is 9.91. The van der Waals surface area contributed by atoms with E-state index in [9.17, 15) is 9.59 Å². The number of rotatable bonds is 3. The van der Waals surface area contributed by atoms with Gasteiger partial charge in [0.1, 0.15) is 5.54 Å². The van der Waals surface area contributed by atoms with E-state index in [2.05, 4.69) is 4.85 Å². The van der Waals surface area contributed by atoms with Crippen LogP contribution in [0.15, 0.2) is 12.1 Å². The molecule has 0 aromatic heterocycles. The van der Waals surface area contributed by atoms with Crippen molar-refractivity contribution in [1.82, 2.24) is 9.80 Å². The molecule has 0 bridgehead atoms. The Morgan fingerprint density at radius 2 is 2.00 bits per heavy atom. The lowest BCUT2D eigenvalue weighted by molar-refractivity contribution is -0.124. The molecule has 9 heteroatoms. The predicted molar refractivity (Wildman–Crippen MR) is 120 cm³/mol. The van der Waals surface area contributed by atoms with Gasteiger partial charge in [-0.3, -0.25) is 9.69 Å². The van der Waals surface area contributed by atoms with E-state index in [0.29, 0.717) is 59.6 Å². The summed E-state index contributed by atoms with van der Waals surface area (Å²) < 4.78 is 5.09. The number of carbonyl (C=O) groups excluding carboxylic acids is 2. The second-order valence-electron chi connectivity index (χ2n) is 7.92. The summed E-state index contributed by atoms with van der Waals surface area (Å²) in [5, 5.41) is 0.756. The van der Waals surface area contributed by atoms with Crippen molar-refractivity contribution >= 4 is 52.3 Å². The Labute approximate surface area is 187 Å². The van der Waals surface area contributed by atoms with Crippen LogP contribution in [0.5, 0.6) is 0 Å². The number of piperidine rings is 1. The van der Waals surface area contributed by atoms with Gasteiger partial charge < -0.3 is 14.5 Å². The first kappa shape index (κ1) is 22.3. The minimum absolute atomic E-state index is 0.0328. The zero-order valence-corrected chi connectivity index (χ0v) is 19.1. The van der Waals surface area contributed by atoms with Gasteiger partial charge in [-0.1, -0.05) is 17.7 Å². The number of anilines is 1. The maximum absolute atomic E-state index is 13.4. The van der Waals surface area contributed by atoms with Crippen LogP contribution in [0, 0.1) is 13.5 Å². The lowest BCUT2D eigenvalue weighted by Gasteiger charge is -2.41. The van der Waals surface area contributed by atoms with Gasteiger partial charge in [-0.05, 0) is 64.4 Å². The Kier molecular flexibility index (Phi) is 6.25. The molecule has 30 heavy (non-hydrogen) atoms. The van der Waals surface area contributed by atoms with E-state index in [1.807, 2.05) is 18.7 Å². The maximum Gasteiger partial charge on any atom is 0.409 e. The van der Waals surface area contributed by atoms with Crippen molar-refractivity contribution in [2.24, 2.45) is 0 Å². The van der Waals surface area contributed by atoms with Crippen molar-refractivity contribution in [3.63, 3.8) is 0 Å². The fourth-order valence-corrected chi connectivity index (χ4v) is 4.91. The highest BCUT2D eigenvalue weighted by Gasteiger charge is 2.52. The van der Waals surface area contributed by atoms with Crippen LogP contribution >= 0.6 is 23.8 Å². The number of thiocarbonyl (C=S) groups is 1. The molecule has 2 amide bonds. The monoisotopic (exact) mass is 448 g/mol. The molecule has 160 valence electrons. The number of hydrogen-bond donors (Lipinski definition) is 0. The highest BCUT2D eigenvalue weighted by atomic mass is 35.5. The zero-order chi connectivity index (χ0) is 22.2. The van der Waals surface area contributed by atoms with Gasteiger partial charge in [0.15, 0.2) is 5.11 Å². The quantitative estimate of drug-likeness (QED) is 0.502. The third-order valence-corrected chi connectivity index (χ3v) is 6.64. The van der Waals surface area contributed by atoms with Crippen LogP contribution in [-0.4, -0.2) is 58.2 Å². The van der Waals surface area contributed by atoms with E-state index in [1.54, 1.807) is 30.9 Å². The fraction of sp³-hybridized carbons (Fsp3) is 0.524. The molecule has 0 N–H and O–H groups in total. The molecule has 0 aliphatic carbocycles. The third-order valence-electron chi connectivity index (χ3n) is 5.78. The number of benzene rings is 1. The van der Waals surface area contributed by atoms with E-state index in [0.717, 1.165) is 0 Å². The molecular formula is C21H25ClN4O3S. The summed E-state index contributed by atoms with van der Waals surface area (Å²) in [5.41, 5.74) is 0.765. The number of nitrogens with zero attached hydrogens (tertiary/aromatic N) is 4. The number of amides is 2. The standard InChI is InChI=1S/C21H25ClN4O3S/c1-6-29-20(28)24-11-9-14(10-12-24)26-19(30)25(18(27)21(26,3)4)16-8-7-15(23-5)17(22)13(16)2/h7-8,14H,6,9-12H2,1-4H3. The molecule has 2 aliphatic rings. The van der Waals surface area contributed by atoms with Gasteiger partial charge in [-0.2, -0.15) is 0 Å². The van der Waals surface area contributed by atoms with E-state index < -0.39 is 5.54 Å². The number of hydrogen-bond acceptors (Lipinski definition) is 4. The largest absolute Gasteiger partial charge is 0.450 e. The Balaban J connectivity index is 1.87. The molecule has 2 saturated heterocycles. The molecule has 1 aromatic rings. The lowest BCUT2D eigenvalue weighted by atomic mass is 9.96. The van der Waals surface area contributed by atoms with Crippen molar-refractivity contribution in [3.05, 3.63) is 34.1 Å². The van der Waals surface area contributed by atoms with Crippen LogP contribution in [0.2, 0.25) is 5.02 Å². The molecule has 2 heterocycles. The predicted octanol–water partition coefficient (Wildman–Crippen LogP) is 4.53. The molecular weight excluding hydrogens is 424 g/mol. The molecule has 2 fully saturated rings. The molecule has 0 saturated carbocycles. The Hall–Kier alpha value is -2.37. The molecule has 0 spiro atoms. The first-order valence-corrected chi connectivity index (χ1v) is 10.7. The summed E-state index contributed by atoms with van der Waals surface area (Å²) >= 11 is 12.1. The van der Waals surface area contributed by atoms with Gasteiger partial charge in [-0.15, -0.1) is 0 Å². The highest BCUT2D eigenvalue weighted by Crippen LogP contribution is 2.41. The van der Waals surface area contributed by atoms with Crippen LogP contribution in [0.1, 0.15) is 39.2 Å². The second-order valence-corrected chi connectivity index (χ2v) is 8.67. The van der Waals surface area contributed by atoms with E-state index in [-0.39, 0.29) is 18.0 Å². The zero-order valence-electron chi connectivity index (χ0n) is 17.6. The summed E-state index contributed by atoms with van der Waals surface area (Å²) in [5.74, 6) is -0.130. The molecule has 7 nitrogen and oxygen atoms in total. The van der Waals surface area contributed by atoms with Crippen molar-refractivity contribution in [3.8, 4) is 0 Å². The smallest absolute Gasteiger partial charge is 0.409 e. The number of likely N-dealkylation sites (tertiary alicyclic amines) is 1. The highest BCUT2D eigenvalue weighted by molar-refractivity contribution is 7.80.